The van der Waals surface area contributed by atoms with Gasteiger partial charge in [-0.2, -0.15) is 0 Å². The lowest BCUT2D eigenvalue weighted by molar-refractivity contribution is -0.143. The van der Waals surface area contributed by atoms with Gasteiger partial charge in [-0.1, -0.05) is 13.2 Å². The molecule has 0 amide bonds. The highest BCUT2D eigenvalue weighted by molar-refractivity contribution is 5.81. The van der Waals surface area contributed by atoms with Crippen molar-refractivity contribution in [2.24, 2.45) is 0 Å². The number of aliphatic hydroxyl groups is 1. The summed E-state index contributed by atoms with van der Waals surface area (Å²) in [5.74, 6) is -0.0465. The number of hydrogen-bond donors (Lipinski definition) is 1. The summed E-state index contributed by atoms with van der Waals surface area (Å²) in [5, 5.41) is 9.24. The van der Waals surface area contributed by atoms with Crippen molar-refractivity contribution in [2.75, 3.05) is 20.0 Å². The van der Waals surface area contributed by atoms with Gasteiger partial charge in [-0.15, -0.1) is 0 Å². The summed E-state index contributed by atoms with van der Waals surface area (Å²) in [6.07, 6.45) is 0.153. The maximum atomic E-state index is 10.6. The Hall–Kier alpha value is -1.33. The van der Waals surface area contributed by atoms with Crippen molar-refractivity contribution < 1.29 is 24.1 Å². The number of hydrogen-bond acceptors (Lipinski definition) is 5. The van der Waals surface area contributed by atoms with Gasteiger partial charge in [0.05, 0.1) is 12.4 Å². The van der Waals surface area contributed by atoms with E-state index in [2.05, 4.69) is 17.9 Å². The molecule has 0 fully saturated rings. The zero-order chi connectivity index (χ0) is 11.7. The minimum Gasteiger partial charge on any atom is -0.473 e. The van der Waals surface area contributed by atoms with E-state index in [1.54, 1.807) is 6.92 Å². The third kappa shape index (κ3) is 8.99. The SMILES string of the molecule is C=CC(=O)OCC(O)COCOC(=C)C. The van der Waals surface area contributed by atoms with Crippen LogP contribution in [0.1, 0.15) is 6.92 Å². The topological polar surface area (TPSA) is 65.0 Å². The van der Waals surface area contributed by atoms with Crippen molar-refractivity contribution in [3.05, 3.63) is 25.0 Å². The molecular formula is C10H16O5. The van der Waals surface area contributed by atoms with Crippen molar-refractivity contribution in [3.63, 3.8) is 0 Å². The van der Waals surface area contributed by atoms with Crippen LogP contribution in [-0.4, -0.2) is 37.2 Å². The highest BCUT2D eigenvalue weighted by Crippen LogP contribution is 1.93. The van der Waals surface area contributed by atoms with Crippen molar-refractivity contribution in [3.8, 4) is 0 Å². The van der Waals surface area contributed by atoms with Crippen LogP contribution in [0.4, 0.5) is 0 Å². The number of allylic oxidation sites excluding steroid dienone is 1. The summed E-state index contributed by atoms with van der Waals surface area (Å²) < 4.78 is 14.4. The van der Waals surface area contributed by atoms with E-state index in [1.807, 2.05) is 0 Å². The molecule has 0 aromatic rings. The lowest BCUT2D eigenvalue weighted by Gasteiger charge is -2.11. The first-order valence-corrected chi connectivity index (χ1v) is 4.39. The summed E-state index contributed by atoms with van der Waals surface area (Å²) in [6.45, 7) is 8.31. The molecular weight excluding hydrogens is 200 g/mol. The van der Waals surface area contributed by atoms with Gasteiger partial charge in [-0.05, 0) is 6.92 Å². The molecule has 1 N–H and O–H groups in total. The summed E-state index contributed by atoms with van der Waals surface area (Å²) in [4.78, 5) is 10.6. The van der Waals surface area contributed by atoms with Gasteiger partial charge in [0.2, 0.25) is 0 Å². The van der Waals surface area contributed by atoms with Crippen LogP contribution in [-0.2, 0) is 19.0 Å². The quantitative estimate of drug-likeness (QED) is 0.212. The van der Waals surface area contributed by atoms with Gasteiger partial charge in [0.25, 0.3) is 0 Å². The summed E-state index contributed by atoms with van der Waals surface area (Å²) in [6, 6.07) is 0. The van der Waals surface area contributed by atoms with Gasteiger partial charge in [0.1, 0.15) is 12.7 Å². The molecule has 5 heteroatoms. The predicted molar refractivity (Wildman–Crippen MR) is 53.9 cm³/mol. The molecule has 0 aromatic carbocycles. The van der Waals surface area contributed by atoms with Crippen LogP contribution in [0, 0.1) is 0 Å². The average Bonchev–Trinajstić information content (AvgIpc) is 2.20. The molecule has 0 spiro atoms. The van der Waals surface area contributed by atoms with Crippen molar-refractivity contribution >= 4 is 5.97 Å². The van der Waals surface area contributed by atoms with Crippen LogP contribution in [0.15, 0.2) is 25.0 Å². The zero-order valence-corrected chi connectivity index (χ0v) is 8.77. The molecule has 0 radical (unpaired) electrons. The number of rotatable bonds is 8. The molecule has 0 aliphatic carbocycles. The summed E-state index contributed by atoms with van der Waals surface area (Å²) in [5.41, 5.74) is 0. The average molecular weight is 216 g/mol. The number of aliphatic hydroxyl groups excluding tert-OH is 1. The predicted octanol–water partition coefficient (Wildman–Crippen LogP) is 0.601. The van der Waals surface area contributed by atoms with E-state index in [0.29, 0.717) is 5.76 Å². The highest BCUT2D eigenvalue weighted by atomic mass is 16.7. The van der Waals surface area contributed by atoms with E-state index < -0.39 is 12.1 Å². The molecule has 0 aliphatic heterocycles. The fourth-order valence-corrected chi connectivity index (χ4v) is 0.612. The lowest BCUT2D eigenvalue weighted by atomic mass is 10.4. The van der Waals surface area contributed by atoms with Crippen LogP contribution >= 0.6 is 0 Å². The smallest absolute Gasteiger partial charge is 0.330 e. The number of esters is 1. The van der Waals surface area contributed by atoms with Crippen LogP contribution in [0.25, 0.3) is 0 Å². The second-order valence-corrected chi connectivity index (χ2v) is 2.82. The lowest BCUT2D eigenvalue weighted by Crippen LogP contribution is -2.23. The molecule has 5 nitrogen and oxygen atoms in total. The molecule has 0 saturated heterocycles. The number of ether oxygens (including phenoxy) is 3. The molecule has 0 aliphatic rings. The Labute approximate surface area is 88.9 Å². The molecule has 0 aromatic heterocycles. The Morgan fingerprint density at radius 1 is 1.47 bits per heavy atom. The standard InChI is InChI=1S/C10H16O5/c1-4-10(12)14-6-9(11)5-13-7-15-8(2)3/h4,9,11H,1-2,5-7H2,3H3. The van der Waals surface area contributed by atoms with Gasteiger partial charge in [0.15, 0.2) is 6.79 Å². The molecule has 15 heavy (non-hydrogen) atoms. The molecule has 1 unspecified atom stereocenters. The first-order chi connectivity index (χ1) is 7.06. The molecule has 0 saturated carbocycles. The Morgan fingerprint density at radius 3 is 2.67 bits per heavy atom. The maximum absolute atomic E-state index is 10.6. The van der Waals surface area contributed by atoms with Gasteiger partial charge >= 0.3 is 5.97 Å². The van der Waals surface area contributed by atoms with Gasteiger partial charge in [0, 0.05) is 6.08 Å². The van der Waals surface area contributed by atoms with Gasteiger partial charge < -0.3 is 19.3 Å². The monoisotopic (exact) mass is 216 g/mol. The van der Waals surface area contributed by atoms with Gasteiger partial charge in [-0.25, -0.2) is 4.79 Å². The van der Waals surface area contributed by atoms with E-state index in [0.717, 1.165) is 6.08 Å². The summed E-state index contributed by atoms with van der Waals surface area (Å²) >= 11 is 0. The Morgan fingerprint density at radius 2 is 2.13 bits per heavy atom. The molecule has 0 heterocycles. The minimum atomic E-state index is -0.873. The normalized spacial score (nSPS) is 11.6. The van der Waals surface area contributed by atoms with Crippen LogP contribution in [0.5, 0.6) is 0 Å². The highest BCUT2D eigenvalue weighted by Gasteiger charge is 2.06. The fraction of sp³-hybridized carbons (Fsp3) is 0.500. The first-order valence-electron chi connectivity index (χ1n) is 4.39. The van der Waals surface area contributed by atoms with Crippen LogP contribution in [0.3, 0.4) is 0 Å². The van der Waals surface area contributed by atoms with E-state index in [1.165, 1.54) is 0 Å². The molecule has 86 valence electrons. The van der Waals surface area contributed by atoms with Gasteiger partial charge in [-0.3, -0.25) is 0 Å². The number of carbonyl (C=O) groups excluding carboxylic acids is 1. The fourth-order valence-electron chi connectivity index (χ4n) is 0.612. The Bertz CT molecular complexity index is 224. The molecule has 1 atom stereocenters. The third-order valence-electron chi connectivity index (χ3n) is 1.28. The third-order valence-corrected chi connectivity index (χ3v) is 1.28. The molecule has 0 rings (SSSR count). The maximum Gasteiger partial charge on any atom is 0.330 e. The van der Waals surface area contributed by atoms with E-state index in [-0.39, 0.29) is 20.0 Å². The largest absolute Gasteiger partial charge is 0.473 e. The van der Waals surface area contributed by atoms with Crippen LogP contribution < -0.4 is 0 Å². The van der Waals surface area contributed by atoms with E-state index in [9.17, 15) is 9.90 Å². The second-order valence-electron chi connectivity index (χ2n) is 2.82. The van der Waals surface area contributed by atoms with Crippen LogP contribution in [0.2, 0.25) is 0 Å². The molecule has 0 bridgehead atoms. The first kappa shape index (κ1) is 13.7. The summed E-state index contributed by atoms with van der Waals surface area (Å²) in [7, 11) is 0. The Kier molecular flexibility index (Phi) is 7.31. The van der Waals surface area contributed by atoms with Crippen molar-refractivity contribution in [2.45, 2.75) is 13.0 Å². The second kappa shape index (κ2) is 8.02. The number of carbonyl (C=O) groups is 1. The minimum absolute atomic E-state index is 0.0157. The van der Waals surface area contributed by atoms with E-state index >= 15 is 0 Å². The zero-order valence-electron chi connectivity index (χ0n) is 8.77. The Balaban J connectivity index is 3.40. The van der Waals surface area contributed by atoms with E-state index in [4.69, 9.17) is 9.47 Å². The van der Waals surface area contributed by atoms with Crippen molar-refractivity contribution in [1.29, 1.82) is 0 Å². The van der Waals surface area contributed by atoms with Crippen molar-refractivity contribution in [1.82, 2.24) is 0 Å².